The van der Waals surface area contributed by atoms with Crippen molar-refractivity contribution in [3.05, 3.63) is 29.8 Å². The Morgan fingerprint density at radius 3 is 2.21 bits per heavy atom. The number of benzene rings is 1. The van der Waals surface area contributed by atoms with Gasteiger partial charge >= 0.3 is 0 Å². The molecular formula is C13H18ClNO3S. The molecule has 0 saturated carbocycles. The predicted octanol–water partition coefficient (Wildman–Crippen LogP) is 2.23. The molecule has 0 saturated heterocycles. The first kappa shape index (κ1) is 16.0. The van der Waals surface area contributed by atoms with Crippen LogP contribution in [-0.2, 0) is 9.84 Å². The first-order valence-corrected chi connectivity index (χ1v) is 8.27. The maximum atomic E-state index is 12.0. The molecular weight excluding hydrogens is 286 g/mol. The molecule has 6 heteroatoms. The van der Waals surface area contributed by atoms with Gasteiger partial charge in [0.2, 0.25) is 0 Å². The van der Waals surface area contributed by atoms with Crippen molar-refractivity contribution in [3.63, 3.8) is 0 Å². The molecule has 1 rings (SSSR count). The number of amides is 1. The van der Waals surface area contributed by atoms with E-state index >= 15 is 0 Å². The molecule has 0 unspecified atom stereocenters. The van der Waals surface area contributed by atoms with Crippen LogP contribution in [0.3, 0.4) is 0 Å². The molecule has 0 bridgehead atoms. The van der Waals surface area contributed by atoms with Crippen molar-refractivity contribution in [1.82, 2.24) is 5.32 Å². The number of halogens is 1. The summed E-state index contributed by atoms with van der Waals surface area (Å²) in [6, 6.07) is 5.86. The number of alkyl halides is 1. The second-order valence-corrected chi connectivity index (χ2v) is 7.47. The van der Waals surface area contributed by atoms with E-state index in [1.807, 2.05) is 13.8 Å². The SMILES string of the molecule is CC(C)(CCCl)NC(=O)c1ccc(S(C)(=O)=O)cc1. The zero-order valence-electron chi connectivity index (χ0n) is 11.2. The van der Waals surface area contributed by atoms with Gasteiger partial charge in [0.05, 0.1) is 4.90 Å². The lowest BCUT2D eigenvalue weighted by atomic mass is 10.0. The summed E-state index contributed by atoms with van der Waals surface area (Å²) in [5.74, 6) is 0.218. The van der Waals surface area contributed by atoms with E-state index in [9.17, 15) is 13.2 Å². The average Bonchev–Trinajstić information content (AvgIpc) is 2.27. The number of hydrogen-bond acceptors (Lipinski definition) is 3. The summed E-state index contributed by atoms with van der Waals surface area (Å²) in [6.07, 6.45) is 1.79. The van der Waals surface area contributed by atoms with E-state index in [1.165, 1.54) is 24.3 Å². The summed E-state index contributed by atoms with van der Waals surface area (Å²) in [7, 11) is -3.24. The Morgan fingerprint density at radius 2 is 1.79 bits per heavy atom. The Balaban J connectivity index is 2.85. The lowest BCUT2D eigenvalue weighted by molar-refractivity contribution is 0.0911. The van der Waals surface area contributed by atoms with E-state index in [1.54, 1.807) is 0 Å². The van der Waals surface area contributed by atoms with Gasteiger partial charge in [-0.05, 0) is 44.5 Å². The first-order chi connectivity index (χ1) is 8.65. The zero-order valence-corrected chi connectivity index (χ0v) is 12.8. The standard InChI is InChI=1S/C13H18ClNO3S/c1-13(2,8-9-14)15-12(16)10-4-6-11(7-5-10)19(3,17)18/h4-7H,8-9H2,1-3H3,(H,15,16). The summed E-state index contributed by atoms with van der Waals surface area (Å²) in [6.45, 7) is 3.77. The van der Waals surface area contributed by atoms with Gasteiger partial charge in [0, 0.05) is 23.2 Å². The molecule has 0 radical (unpaired) electrons. The maximum Gasteiger partial charge on any atom is 0.251 e. The van der Waals surface area contributed by atoms with Crippen molar-refractivity contribution in [3.8, 4) is 0 Å². The number of carbonyl (C=O) groups is 1. The minimum absolute atomic E-state index is 0.198. The van der Waals surface area contributed by atoms with Gasteiger partial charge in [0.15, 0.2) is 9.84 Å². The van der Waals surface area contributed by atoms with Crippen molar-refractivity contribution in [1.29, 1.82) is 0 Å². The molecule has 0 aromatic heterocycles. The minimum Gasteiger partial charge on any atom is -0.347 e. The van der Waals surface area contributed by atoms with Gasteiger partial charge in [-0.15, -0.1) is 11.6 Å². The van der Waals surface area contributed by atoms with Crippen LogP contribution in [0.5, 0.6) is 0 Å². The van der Waals surface area contributed by atoms with E-state index in [2.05, 4.69) is 5.32 Å². The van der Waals surface area contributed by atoms with E-state index in [-0.39, 0.29) is 10.8 Å². The van der Waals surface area contributed by atoms with Crippen molar-refractivity contribution in [2.75, 3.05) is 12.1 Å². The third-order valence-electron chi connectivity index (χ3n) is 2.72. The fourth-order valence-corrected chi connectivity index (χ4v) is 2.63. The molecule has 19 heavy (non-hydrogen) atoms. The molecule has 0 heterocycles. The molecule has 0 atom stereocenters. The Hall–Kier alpha value is -1.07. The summed E-state index contributed by atoms with van der Waals surface area (Å²) in [5, 5.41) is 2.86. The third-order valence-corrected chi connectivity index (χ3v) is 4.03. The highest BCUT2D eigenvalue weighted by Crippen LogP contribution is 2.13. The van der Waals surface area contributed by atoms with Crippen LogP contribution in [0.25, 0.3) is 0 Å². The van der Waals surface area contributed by atoms with Gasteiger partial charge in [0.1, 0.15) is 0 Å². The van der Waals surface area contributed by atoms with Crippen molar-refractivity contribution in [2.45, 2.75) is 30.7 Å². The molecule has 1 N–H and O–H groups in total. The second kappa shape index (κ2) is 5.92. The number of rotatable bonds is 5. The second-order valence-electron chi connectivity index (χ2n) is 5.07. The molecule has 0 fully saturated rings. The van der Waals surface area contributed by atoms with Crippen molar-refractivity contribution < 1.29 is 13.2 Å². The van der Waals surface area contributed by atoms with Crippen LogP contribution in [0.1, 0.15) is 30.6 Å². The largest absolute Gasteiger partial charge is 0.347 e. The van der Waals surface area contributed by atoms with E-state index < -0.39 is 15.4 Å². The molecule has 0 spiro atoms. The highest BCUT2D eigenvalue weighted by molar-refractivity contribution is 7.90. The summed E-state index contributed by atoms with van der Waals surface area (Å²) >= 11 is 5.67. The van der Waals surface area contributed by atoms with E-state index in [4.69, 9.17) is 11.6 Å². The summed E-state index contributed by atoms with van der Waals surface area (Å²) in [4.78, 5) is 12.2. The number of carbonyl (C=O) groups excluding carboxylic acids is 1. The molecule has 106 valence electrons. The zero-order chi connectivity index (χ0) is 14.7. The quantitative estimate of drug-likeness (QED) is 0.848. The van der Waals surface area contributed by atoms with Crippen LogP contribution in [0.15, 0.2) is 29.2 Å². The Bertz CT molecular complexity index is 550. The summed E-state index contributed by atoms with van der Waals surface area (Å²) in [5.41, 5.74) is 0.0315. The molecule has 0 aliphatic carbocycles. The van der Waals surface area contributed by atoms with Crippen LogP contribution >= 0.6 is 11.6 Å². The van der Waals surface area contributed by atoms with Crippen LogP contribution in [-0.4, -0.2) is 32.0 Å². The van der Waals surface area contributed by atoms with Gasteiger partial charge in [-0.1, -0.05) is 0 Å². The lowest BCUT2D eigenvalue weighted by Crippen LogP contribution is -2.43. The van der Waals surface area contributed by atoms with Gasteiger partial charge < -0.3 is 5.32 Å². The molecule has 0 aliphatic rings. The first-order valence-electron chi connectivity index (χ1n) is 5.84. The van der Waals surface area contributed by atoms with Crippen LogP contribution < -0.4 is 5.32 Å². The van der Waals surface area contributed by atoms with Gasteiger partial charge in [-0.25, -0.2) is 8.42 Å². The average molecular weight is 304 g/mol. The number of sulfone groups is 1. The summed E-state index contributed by atoms with van der Waals surface area (Å²) < 4.78 is 22.6. The van der Waals surface area contributed by atoms with Gasteiger partial charge in [-0.2, -0.15) is 0 Å². The molecule has 4 nitrogen and oxygen atoms in total. The Morgan fingerprint density at radius 1 is 1.26 bits per heavy atom. The predicted molar refractivity (Wildman–Crippen MR) is 76.4 cm³/mol. The molecule has 1 aromatic rings. The van der Waals surface area contributed by atoms with Crippen molar-refractivity contribution >= 4 is 27.3 Å². The Kier molecular flexibility index (Phi) is 4.98. The minimum atomic E-state index is -3.24. The lowest BCUT2D eigenvalue weighted by Gasteiger charge is -2.25. The third kappa shape index (κ3) is 4.84. The van der Waals surface area contributed by atoms with Crippen LogP contribution in [0.4, 0.5) is 0 Å². The fraction of sp³-hybridized carbons (Fsp3) is 0.462. The Labute approximate surface area is 119 Å². The molecule has 1 aromatic carbocycles. The normalized spacial score (nSPS) is 12.2. The highest BCUT2D eigenvalue weighted by atomic mass is 35.5. The fourth-order valence-electron chi connectivity index (χ4n) is 1.53. The number of nitrogens with one attached hydrogen (secondary N) is 1. The van der Waals surface area contributed by atoms with Crippen LogP contribution in [0, 0.1) is 0 Å². The smallest absolute Gasteiger partial charge is 0.251 e. The van der Waals surface area contributed by atoms with Crippen molar-refractivity contribution in [2.24, 2.45) is 0 Å². The van der Waals surface area contributed by atoms with Gasteiger partial charge in [-0.3, -0.25) is 4.79 Å². The van der Waals surface area contributed by atoms with Gasteiger partial charge in [0.25, 0.3) is 5.91 Å². The maximum absolute atomic E-state index is 12.0. The van der Waals surface area contributed by atoms with Crippen LogP contribution in [0.2, 0.25) is 0 Å². The molecule has 1 amide bonds. The molecule has 0 aliphatic heterocycles. The van der Waals surface area contributed by atoms with E-state index in [0.29, 0.717) is 17.9 Å². The monoisotopic (exact) mass is 303 g/mol. The number of hydrogen-bond donors (Lipinski definition) is 1. The van der Waals surface area contributed by atoms with E-state index in [0.717, 1.165) is 6.26 Å². The highest BCUT2D eigenvalue weighted by Gasteiger charge is 2.20. The topological polar surface area (TPSA) is 63.2 Å².